The lowest BCUT2D eigenvalue weighted by atomic mass is 9.98. The third-order valence-corrected chi connectivity index (χ3v) is 5.48. The second kappa shape index (κ2) is 9.49. The van der Waals surface area contributed by atoms with Crippen molar-refractivity contribution in [2.45, 2.75) is 24.7 Å². The zero-order valence-corrected chi connectivity index (χ0v) is 17.8. The summed E-state index contributed by atoms with van der Waals surface area (Å²) in [4.78, 5) is 35.3. The lowest BCUT2D eigenvalue weighted by molar-refractivity contribution is -0.178. The van der Waals surface area contributed by atoms with Crippen LogP contribution in [-0.4, -0.2) is 47.1 Å². The second-order valence-corrected chi connectivity index (χ2v) is 7.64. The Hall–Kier alpha value is -4.35. The Morgan fingerprint density at radius 3 is 2.23 bits per heavy atom. The molecule has 0 aliphatic heterocycles. The van der Waals surface area contributed by atoms with Crippen LogP contribution in [-0.2, 0) is 16.1 Å². The number of carbonyl (C=O) groups excluding carboxylic acids is 2. The number of amides is 2. The molecule has 9 nitrogen and oxygen atoms in total. The van der Waals surface area contributed by atoms with Crippen LogP contribution in [0.5, 0.6) is 0 Å². The van der Waals surface area contributed by atoms with E-state index in [1.54, 1.807) is 0 Å². The van der Waals surface area contributed by atoms with E-state index in [0.717, 1.165) is 28.5 Å². The van der Waals surface area contributed by atoms with Crippen LogP contribution >= 0.6 is 0 Å². The molecule has 0 fully saturated rings. The van der Waals surface area contributed by atoms with E-state index in [4.69, 9.17) is 9.84 Å². The lowest BCUT2D eigenvalue weighted by Gasteiger charge is -2.17. The Labute approximate surface area is 195 Å². The summed E-state index contributed by atoms with van der Waals surface area (Å²) in [5.74, 6) is -3.84. The van der Waals surface area contributed by atoms with Crippen LogP contribution in [0.1, 0.15) is 33.1 Å². The van der Waals surface area contributed by atoms with Gasteiger partial charge in [0, 0.05) is 5.92 Å². The number of benzene rings is 2. The first-order chi connectivity index (χ1) is 16.7. The summed E-state index contributed by atoms with van der Waals surface area (Å²) in [5, 5.41) is 15.9. The van der Waals surface area contributed by atoms with Crippen molar-refractivity contribution in [1.82, 2.24) is 15.8 Å². The molecule has 0 saturated carbocycles. The van der Waals surface area contributed by atoms with E-state index in [9.17, 15) is 27.6 Å². The fraction of sp³-hybridized carbons (Fsp3) is 0.217. The monoisotopic (exact) mass is 489 g/mol. The Morgan fingerprint density at radius 2 is 1.66 bits per heavy atom. The van der Waals surface area contributed by atoms with Gasteiger partial charge in [-0.05, 0) is 22.3 Å². The van der Waals surface area contributed by atoms with Gasteiger partial charge in [-0.15, -0.1) is 0 Å². The van der Waals surface area contributed by atoms with Crippen molar-refractivity contribution in [2.24, 2.45) is 0 Å². The number of aliphatic carboxylic acids is 1. The molecule has 1 aromatic heterocycles. The summed E-state index contributed by atoms with van der Waals surface area (Å²) < 4.78 is 48.4. The van der Waals surface area contributed by atoms with Gasteiger partial charge in [-0.1, -0.05) is 53.7 Å². The number of nitrogens with one attached hydrogen (secondary N) is 2. The van der Waals surface area contributed by atoms with E-state index in [0.29, 0.717) is 0 Å². The second-order valence-electron chi connectivity index (χ2n) is 7.64. The van der Waals surface area contributed by atoms with Crippen LogP contribution in [0.25, 0.3) is 11.1 Å². The molecule has 12 heteroatoms. The number of hydrogen-bond donors (Lipinski definition) is 3. The highest BCUT2D eigenvalue weighted by atomic mass is 19.4. The normalized spacial score (nSPS) is 13.5. The van der Waals surface area contributed by atoms with Gasteiger partial charge in [0.15, 0.2) is 0 Å². The molecule has 0 saturated heterocycles. The van der Waals surface area contributed by atoms with Gasteiger partial charge in [0.05, 0.1) is 6.54 Å². The molecule has 3 aromatic rings. The molecule has 2 aromatic carbocycles. The van der Waals surface area contributed by atoms with Crippen molar-refractivity contribution < 1.29 is 41.9 Å². The highest BCUT2D eigenvalue weighted by Gasteiger charge is 2.46. The molecule has 1 heterocycles. The average molecular weight is 489 g/mol. The molecule has 182 valence electrons. The molecular weight excluding hydrogens is 471 g/mol. The molecule has 1 atom stereocenters. The SMILES string of the molecule is O=C(NCc1nocc1C(=O)NC(C(=O)O)C(F)(F)F)OCC1c2ccccc2-c2ccccc21. The van der Waals surface area contributed by atoms with Crippen molar-refractivity contribution in [2.75, 3.05) is 6.61 Å². The Balaban J connectivity index is 1.37. The summed E-state index contributed by atoms with van der Waals surface area (Å²) in [6.45, 7) is -0.377. The zero-order valence-electron chi connectivity index (χ0n) is 17.8. The van der Waals surface area contributed by atoms with E-state index < -0.39 is 42.3 Å². The van der Waals surface area contributed by atoms with Crippen molar-refractivity contribution in [3.05, 3.63) is 77.2 Å². The summed E-state index contributed by atoms with van der Waals surface area (Å²) in [7, 11) is 0. The molecule has 1 aliphatic rings. The third kappa shape index (κ3) is 4.95. The molecule has 0 radical (unpaired) electrons. The largest absolute Gasteiger partial charge is 0.479 e. The van der Waals surface area contributed by atoms with E-state index in [2.05, 4.69) is 15.0 Å². The van der Waals surface area contributed by atoms with Gasteiger partial charge in [0.1, 0.15) is 24.1 Å². The van der Waals surface area contributed by atoms with Gasteiger partial charge in [0.2, 0.25) is 6.04 Å². The Morgan fingerprint density at radius 1 is 1.06 bits per heavy atom. The molecule has 3 N–H and O–H groups in total. The van der Waals surface area contributed by atoms with Gasteiger partial charge in [-0.25, -0.2) is 9.59 Å². The smallest absolute Gasteiger partial charge is 0.419 e. The van der Waals surface area contributed by atoms with Crippen LogP contribution in [0, 0.1) is 0 Å². The fourth-order valence-corrected chi connectivity index (χ4v) is 3.87. The van der Waals surface area contributed by atoms with Crippen LogP contribution in [0.3, 0.4) is 0 Å². The van der Waals surface area contributed by atoms with Crippen LogP contribution in [0.4, 0.5) is 18.0 Å². The first kappa shape index (κ1) is 23.8. The average Bonchev–Trinajstić information content (AvgIpc) is 3.41. The molecule has 2 amide bonds. The van der Waals surface area contributed by atoms with Crippen molar-refractivity contribution in [1.29, 1.82) is 0 Å². The molecule has 35 heavy (non-hydrogen) atoms. The number of ether oxygens (including phenoxy) is 1. The molecule has 1 aliphatic carbocycles. The highest BCUT2D eigenvalue weighted by Crippen LogP contribution is 2.44. The number of carboxylic acid groups (broad SMARTS) is 1. The number of carbonyl (C=O) groups is 3. The Bertz CT molecular complexity index is 1230. The topological polar surface area (TPSA) is 131 Å². The van der Waals surface area contributed by atoms with Crippen molar-refractivity contribution in [3.63, 3.8) is 0 Å². The standard InChI is InChI=1S/C23H18F3N3O6/c24-23(25,26)19(21(31)32)28-20(30)17-11-35-29-18(17)9-27-22(33)34-10-16-14-7-3-1-5-12(14)13-6-2-4-8-15(13)16/h1-8,11,16,19H,9-10H2,(H,27,33)(H,28,30)(H,31,32). The fourth-order valence-electron chi connectivity index (χ4n) is 3.87. The first-order valence-corrected chi connectivity index (χ1v) is 10.3. The van der Waals surface area contributed by atoms with Gasteiger partial charge in [-0.2, -0.15) is 13.2 Å². The third-order valence-electron chi connectivity index (χ3n) is 5.48. The quantitative estimate of drug-likeness (QED) is 0.463. The van der Waals surface area contributed by atoms with E-state index in [-0.39, 0.29) is 18.2 Å². The van der Waals surface area contributed by atoms with E-state index in [1.807, 2.05) is 48.5 Å². The summed E-state index contributed by atoms with van der Waals surface area (Å²) in [6, 6.07) is 12.4. The highest BCUT2D eigenvalue weighted by molar-refractivity contribution is 5.97. The molecule has 0 spiro atoms. The number of fused-ring (bicyclic) bond motifs is 3. The Kier molecular flexibility index (Phi) is 6.45. The van der Waals surface area contributed by atoms with Gasteiger partial charge >= 0.3 is 18.2 Å². The number of alkyl carbamates (subject to hydrolysis) is 1. The predicted molar refractivity (Wildman–Crippen MR) is 113 cm³/mol. The number of alkyl halides is 3. The maximum atomic E-state index is 12.8. The predicted octanol–water partition coefficient (Wildman–Crippen LogP) is 3.46. The number of rotatable bonds is 7. The summed E-state index contributed by atoms with van der Waals surface area (Å²) in [6.07, 6.45) is -5.31. The van der Waals surface area contributed by atoms with Gasteiger partial charge < -0.3 is 25.0 Å². The number of aromatic nitrogens is 1. The minimum Gasteiger partial charge on any atom is -0.479 e. The number of hydrogen-bond acceptors (Lipinski definition) is 6. The van der Waals surface area contributed by atoms with E-state index in [1.165, 1.54) is 5.32 Å². The maximum absolute atomic E-state index is 12.8. The van der Waals surface area contributed by atoms with Crippen molar-refractivity contribution >= 4 is 18.0 Å². The molecule has 0 bridgehead atoms. The number of carboxylic acids is 1. The minimum atomic E-state index is -5.21. The lowest BCUT2D eigenvalue weighted by Crippen LogP contribution is -2.50. The van der Waals surface area contributed by atoms with Gasteiger partial charge in [-0.3, -0.25) is 4.79 Å². The molecule has 1 unspecified atom stereocenters. The number of nitrogens with zero attached hydrogens (tertiary/aromatic N) is 1. The van der Waals surface area contributed by atoms with Gasteiger partial charge in [0.25, 0.3) is 5.91 Å². The zero-order chi connectivity index (χ0) is 25.2. The van der Waals surface area contributed by atoms with Crippen LogP contribution < -0.4 is 10.6 Å². The molecular formula is C23H18F3N3O6. The summed E-state index contributed by atoms with van der Waals surface area (Å²) in [5.41, 5.74) is 3.45. The van der Waals surface area contributed by atoms with Crippen molar-refractivity contribution in [3.8, 4) is 11.1 Å². The minimum absolute atomic E-state index is 0.0257. The summed E-state index contributed by atoms with van der Waals surface area (Å²) >= 11 is 0. The molecule has 4 rings (SSSR count). The maximum Gasteiger partial charge on any atom is 0.419 e. The van der Waals surface area contributed by atoms with Crippen LogP contribution in [0.2, 0.25) is 0 Å². The van der Waals surface area contributed by atoms with Crippen LogP contribution in [0.15, 0.2) is 59.3 Å². The van der Waals surface area contributed by atoms with E-state index >= 15 is 0 Å². The number of halogens is 3. The first-order valence-electron chi connectivity index (χ1n) is 10.3.